The van der Waals surface area contributed by atoms with Gasteiger partial charge in [-0.25, -0.2) is 0 Å². The summed E-state index contributed by atoms with van der Waals surface area (Å²) in [5.74, 6) is -0.662. The van der Waals surface area contributed by atoms with Crippen molar-refractivity contribution < 1.29 is 18.9 Å². The molecule has 110 valence electrons. The van der Waals surface area contributed by atoms with Crippen LogP contribution < -0.4 is 0 Å². The number of hydrogen-bond donors (Lipinski definition) is 0. The summed E-state index contributed by atoms with van der Waals surface area (Å²) in [7, 11) is 1.61. The molecular formula is C14H23BrO4. The van der Waals surface area contributed by atoms with E-state index >= 15 is 0 Å². The molecule has 1 fully saturated rings. The van der Waals surface area contributed by atoms with Crippen molar-refractivity contribution in [2.75, 3.05) is 27.1 Å². The van der Waals surface area contributed by atoms with E-state index in [4.69, 9.17) is 18.9 Å². The van der Waals surface area contributed by atoms with Crippen LogP contribution in [0, 0.1) is 0 Å². The van der Waals surface area contributed by atoms with Crippen LogP contribution in [-0.2, 0) is 18.9 Å². The monoisotopic (exact) mass is 334 g/mol. The van der Waals surface area contributed by atoms with Crippen molar-refractivity contribution in [3.63, 3.8) is 0 Å². The van der Waals surface area contributed by atoms with Crippen molar-refractivity contribution in [3.05, 3.63) is 23.2 Å². The largest absolute Gasteiger partial charge is 0.359 e. The van der Waals surface area contributed by atoms with Crippen molar-refractivity contribution in [2.45, 2.75) is 38.1 Å². The van der Waals surface area contributed by atoms with Crippen LogP contribution in [0.2, 0.25) is 0 Å². The van der Waals surface area contributed by atoms with Gasteiger partial charge in [-0.2, -0.15) is 0 Å². The zero-order valence-corrected chi connectivity index (χ0v) is 13.2. The van der Waals surface area contributed by atoms with Gasteiger partial charge >= 0.3 is 0 Å². The second-order valence-corrected chi connectivity index (χ2v) is 4.80. The number of methoxy groups -OCH3 is 1. The number of hydrogen-bond acceptors (Lipinski definition) is 4. The predicted octanol–water partition coefficient (Wildman–Crippen LogP) is 3.37. The molecule has 0 aromatic carbocycles. The molecule has 4 nitrogen and oxygen atoms in total. The lowest BCUT2D eigenvalue weighted by atomic mass is 10.0. The van der Waals surface area contributed by atoms with Crippen LogP contribution in [0.25, 0.3) is 0 Å². The second-order valence-electron chi connectivity index (χ2n) is 4.28. The summed E-state index contributed by atoms with van der Waals surface area (Å²) >= 11 is 3.28. The molecule has 0 unspecified atom stereocenters. The van der Waals surface area contributed by atoms with E-state index in [0.717, 1.165) is 12.8 Å². The molecule has 0 saturated carbocycles. The van der Waals surface area contributed by atoms with Crippen LogP contribution >= 0.6 is 15.9 Å². The van der Waals surface area contributed by atoms with Gasteiger partial charge in [-0.15, -0.1) is 0 Å². The Bertz CT molecular complexity index is 285. The zero-order valence-electron chi connectivity index (χ0n) is 11.6. The van der Waals surface area contributed by atoms with Crippen molar-refractivity contribution in [2.24, 2.45) is 0 Å². The number of rotatable bonds is 9. The van der Waals surface area contributed by atoms with Gasteiger partial charge in [-0.05, 0) is 24.8 Å². The molecule has 0 aliphatic carbocycles. The summed E-state index contributed by atoms with van der Waals surface area (Å²) < 4.78 is 22.5. The average molecular weight is 335 g/mol. The lowest BCUT2D eigenvalue weighted by Gasteiger charge is -2.34. The Labute approximate surface area is 123 Å². The Morgan fingerprint density at radius 2 is 2.05 bits per heavy atom. The lowest BCUT2D eigenvalue weighted by Crippen LogP contribution is -2.45. The normalized spacial score (nSPS) is 20.6. The molecule has 0 aromatic rings. The van der Waals surface area contributed by atoms with Gasteiger partial charge < -0.3 is 18.9 Å². The van der Waals surface area contributed by atoms with Crippen LogP contribution in [-0.4, -0.2) is 39.0 Å². The SMILES string of the molecule is C/C=C/CCC1([C@@H](C/C=C/Br)OCOC)OCCO1. The van der Waals surface area contributed by atoms with Gasteiger partial charge in [0.1, 0.15) is 12.9 Å². The van der Waals surface area contributed by atoms with E-state index < -0.39 is 5.79 Å². The Balaban J connectivity index is 2.70. The van der Waals surface area contributed by atoms with E-state index in [1.165, 1.54) is 0 Å². The summed E-state index contributed by atoms with van der Waals surface area (Å²) in [5.41, 5.74) is 0. The van der Waals surface area contributed by atoms with Crippen LogP contribution in [0.1, 0.15) is 26.2 Å². The fourth-order valence-electron chi connectivity index (χ4n) is 2.11. The number of ether oxygens (including phenoxy) is 4. The third-order valence-electron chi connectivity index (χ3n) is 2.99. The standard InChI is InChI=1S/C14H23BrO4/c1-3-4-5-8-14(18-10-11-19-14)13(7-6-9-15)17-12-16-2/h3-4,6,9,13H,5,7-8,10-12H2,1-2H3/b4-3+,9-6+/t13-/m1/s1. The highest BCUT2D eigenvalue weighted by atomic mass is 79.9. The molecule has 0 spiro atoms. The molecule has 0 N–H and O–H groups in total. The third kappa shape index (κ3) is 5.36. The highest BCUT2D eigenvalue weighted by Gasteiger charge is 2.44. The molecule has 0 bridgehead atoms. The van der Waals surface area contributed by atoms with Crippen molar-refractivity contribution in [1.29, 1.82) is 0 Å². The van der Waals surface area contributed by atoms with E-state index in [2.05, 4.69) is 22.0 Å². The molecule has 0 amide bonds. The summed E-state index contributed by atoms with van der Waals surface area (Å²) in [6.07, 6.45) is 8.36. The molecule has 1 saturated heterocycles. The van der Waals surface area contributed by atoms with Crippen LogP contribution in [0.4, 0.5) is 0 Å². The van der Waals surface area contributed by atoms with Crippen molar-refractivity contribution >= 4 is 15.9 Å². The summed E-state index contributed by atoms with van der Waals surface area (Å²) in [5, 5.41) is 0. The molecule has 1 heterocycles. The molecular weight excluding hydrogens is 312 g/mol. The molecule has 1 atom stereocenters. The van der Waals surface area contributed by atoms with Gasteiger partial charge in [0.15, 0.2) is 5.79 Å². The average Bonchev–Trinajstić information content (AvgIpc) is 2.89. The molecule has 1 rings (SSSR count). The summed E-state index contributed by atoms with van der Waals surface area (Å²) in [6.45, 7) is 3.47. The molecule has 0 radical (unpaired) electrons. The first-order valence-corrected chi connectivity index (χ1v) is 7.45. The highest BCUT2D eigenvalue weighted by Crippen LogP contribution is 2.33. The minimum Gasteiger partial charge on any atom is -0.359 e. The van der Waals surface area contributed by atoms with E-state index in [9.17, 15) is 0 Å². The Kier molecular flexibility index (Phi) is 8.57. The van der Waals surface area contributed by atoms with E-state index in [1.807, 2.05) is 24.1 Å². The first-order valence-electron chi connectivity index (χ1n) is 6.54. The van der Waals surface area contributed by atoms with E-state index in [-0.39, 0.29) is 12.9 Å². The van der Waals surface area contributed by atoms with Crippen molar-refractivity contribution in [3.8, 4) is 0 Å². The van der Waals surface area contributed by atoms with Gasteiger partial charge in [0.25, 0.3) is 0 Å². The second kappa shape index (κ2) is 9.66. The number of allylic oxidation sites excluding steroid dienone is 2. The zero-order chi connectivity index (χ0) is 14.0. The van der Waals surface area contributed by atoms with Gasteiger partial charge in [-0.3, -0.25) is 0 Å². The van der Waals surface area contributed by atoms with Crippen LogP contribution in [0.3, 0.4) is 0 Å². The fraction of sp³-hybridized carbons (Fsp3) is 0.714. The molecule has 1 aliphatic heterocycles. The van der Waals surface area contributed by atoms with Crippen LogP contribution in [0.15, 0.2) is 23.2 Å². The van der Waals surface area contributed by atoms with Gasteiger partial charge in [0, 0.05) is 13.5 Å². The van der Waals surface area contributed by atoms with Gasteiger partial charge in [-0.1, -0.05) is 34.2 Å². The maximum Gasteiger partial charge on any atom is 0.195 e. The Morgan fingerprint density at radius 1 is 1.32 bits per heavy atom. The minimum absolute atomic E-state index is 0.172. The lowest BCUT2D eigenvalue weighted by molar-refractivity contribution is -0.251. The first-order chi connectivity index (χ1) is 9.29. The number of halogens is 1. The first kappa shape index (κ1) is 16.9. The maximum atomic E-state index is 5.86. The smallest absolute Gasteiger partial charge is 0.195 e. The van der Waals surface area contributed by atoms with Crippen LogP contribution in [0.5, 0.6) is 0 Å². The van der Waals surface area contributed by atoms with Crippen molar-refractivity contribution in [1.82, 2.24) is 0 Å². The molecule has 5 heteroatoms. The van der Waals surface area contributed by atoms with Gasteiger partial charge in [0.05, 0.1) is 13.2 Å². The molecule has 0 aromatic heterocycles. The third-order valence-corrected chi connectivity index (χ3v) is 3.36. The predicted molar refractivity (Wildman–Crippen MR) is 78.1 cm³/mol. The quantitative estimate of drug-likeness (QED) is 0.478. The van der Waals surface area contributed by atoms with E-state index in [0.29, 0.717) is 19.6 Å². The Hall–Kier alpha value is -0.200. The van der Waals surface area contributed by atoms with E-state index in [1.54, 1.807) is 7.11 Å². The Morgan fingerprint density at radius 3 is 2.63 bits per heavy atom. The molecule has 1 aliphatic rings. The molecule has 19 heavy (non-hydrogen) atoms. The summed E-state index contributed by atoms with van der Waals surface area (Å²) in [6, 6.07) is 0. The topological polar surface area (TPSA) is 36.9 Å². The minimum atomic E-state index is -0.662. The maximum absolute atomic E-state index is 5.86. The highest BCUT2D eigenvalue weighted by molar-refractivity contribution is 9.11. The summed E-state index contributed by atoms with van der Waals surface area (Å²) in [4.78, 5) is 1.82. The van der Waals surface area contributed by atoms with Gasteiger partial charge in [0.2, 0.25) is 0 Å². The fourth-order valence-corrected chi connectivity index (χ4v) is 2.33.